The molecule has 0 bridgehead atoms. The highest BCUT2D eigenvalue weighted by Crippen LogP contribution is 2.25. The molecule has 1 aliphatic rings. The first kappa shape index (κ1) is 15.2. The number of carbonyl (C=O) groups excluding carboxylic acids is 1. The van der Waals surface area contributed by atoms with Gasteiger partial charge in [0, 0.05) is 37.7 Å². The molecule has 1 fully saturated rings. The number of amides is 1. The lowest BCUT2D eigenvalue weighted by molar-refractivity contribution is -0.00274. The summed E-state index contributed by atoms with van der Waals surface area (Å²) in [6.07, 6.45) is 6.14. The van der Waals surface area contributed by atoms with Crippen molar-refractivity contribution in [2.45, 2.75) is 6.04 Å². The molecule has 1 aliphatic heterocycles. The summed E-state index contributed by atoms with van der Waals surface area (Å²) < 4.78 is 7.15. The monoisotopic (exact) mass is 316 g/mol. The Labute approximate surface area is 132 Å². The van der Waals surface area contributed by atoms with E-state index in [2.05, 4.69) is 10.1 Å². The van der Waals surface area contributed by atoms with Gasteiger partial charge in [0.15, 0.2) is 0 Å². The Bertz CT molecular complexity index is 743. The Morgan fingerprint density at radius 1 is 1.30 bits per heavy atom. The molecule has 3 heterocycles. The molecule has 2 aromatic rings. The lowest BCUT2D eigenvalue weighted by Crippen LogP contribution is -2.43. The zero-order valence-electron chi connectivity index (χ0n) is 12.5. The van der Waals surface area contributed by atoms with Gasteiger partial charge in [-0.25, -0.2) is 4.79 Å². The molecule has 8 nitrogen and oxygen atoms in total. The number of aromatic carboxylic acids is 1. The lowest BCUT2D eigenvalue weighted by atomic mass is 10.1. The van der Waals surface area contributed by atoms with E-state index >= 15 is 0 Å². The standard InChI is InChI=1S/C15H16N4O4/c1-18-8-12(7-17-18)13-9-23-3-2-19(13)14(20)10-4-11(15(21)22)6-16-5-10/h4-8,13H,2-3,9H2,1H3,(H,21,22). The maximum absolute atomic E-state index is 12.8. The summed E-state index contributed by atoms with van der Waals surface area (Å²) in [6, 6.07) is 1.09. The van der Waals surface area contributed by atoms with Gasteiger partial charge in [-0.1, -0.05) is 0 Å². The van der Waals surface area contributed by atoms with Crippen LogP contribution in [0.2, 0.25) is 0 Å². The number of hydrogen-bond acceptors (Lipinski definition) is 5. The number of carboxylic acid groups (broad SMARTS) is 1. The van der Waals surface area contributed by atoms with Crippen molar-refractivity contribution in [3.63, 3.8) is 0 Å². The summed E-state index contributed by atoms with van der Waals surface area (Å²) in [6.45, 7) is 1.24. The van der Waals surface area contributed by atoms with Crippen LogP contribution in [0.3, 0.4) is 0 Å². The molecule has 1 saturated heterocycles. The van der Waals surface area contributed by atoms with Gasteiger partial charge in [0.25, 0.3) is 5.91 Å². The zero-order chi connectivity index (χ0) is 16.4. The van der Waals surface area contributed by atoms with Crippen molar-refractivity contribution >= 4 is 11.9 Å². The average molecular weight is 316 g/mol. The molecule has 0 saturated carbocycles. The van der Waals surface area contributed by atoms with E-state index in [4.69, 9.17) is 9.84 Å². The third-order valence-electron chi connectivity index (χ3n) is 3.73. The predicted molar refractivity (Wildman–Crippen MR) is 79.0 cm³/mol. The predicted octanol–water partition coefficient (Wildman–Crippen LogP) is 0.727. The number of pyridine rings is 1. The minimum Gasteiger partial charge on any atom is -0.478 e. The second-order valence-corrected chi connectivity index (χ2v) is 5.30. The van der Waals surface area contributed by atoms with E-state index in [-0.39, 0.29) is 23.1 Å². The lowest BCUT2D eigenvalue weighted by Gasteiger charge is -2.35. The average Bonchev–Trinajstić information content (AvgIpc) is 3.00. The molecule has 120 valence electrons. The summed E-state index contributed by atoms with van der Waals surface area (Å²) in [5, 5.41) is 13.2. The van der Waals surface area contributed by atoms with Crippen molar-refractivity contribution < 1.29 is 19.4 Å². The number of morpholine rings is 1. The molecule has 2 aromatic heterocycles. The number of rotatable bonds is 3. The zero-order valence-corrected chi connectivity index (χ0v) is 12.5. The van der Waals surface area contributed by atoms with Crippen molar-refractivity contribution in [1.29, 1.82) is 0 Å². The Morgan fingerprint density at radius 2 is 2.09 bits per heavy atom. The van der Waals surface area contributed by atoms with Gasteiger partial charge in [0.1, 0.15) is 0 Å². The van der Waals surface area contributed by atoms with Gasteiger partial charge < -0.3 is 14.7 Å². The van der Waals surface area contributed by atoms with Crippen LogP contribution in [0, 0.1) is 0 Å². The molecule has 0 aliphatic carbocycles. The molecule has 0 radical (unpaired) electrons. The van der Waals surface area contributed by atoms with Gasteiger partial charge in [-0.15, -0.1) is 0 Å². The van der Waals surface area contributed by atoms with Crippen LogP contribution in [0.1, 0.15) is 32.3 Å². The van der Waals surface area contributed by atoms with Crippen LogP contribution in [-0.4, -0.2) is 56.4 Å². The van der Waals surface area contributed by atoms with Crippen LogP contribution < -0.4 is 0 Å². The van der Waals surface area contributed by atoms with Crippen molar-refractivity contribution in [2.24, 2.45) is 7.05 Å². The molecule has 8 heteroatoms. The summed E-state index contributed by atoms with van der Waals surface area (Å²) >= 11 is 0. The minimum absolute atomic E-state index is 0.0120. The molecule has 1 N–H and O–H groups in total. The minimum atomic E-state index is -1.11. The first-order valence-corrected chi connectivity index (χ1v) is 7.12. The van der Waals surface area contributed by atoms with Gasteiger partial charge in [-0.3, -0.25) is 14.5 Å². The normalized spacial score (nSPS) is 18.0. The van der Waals surface area contributed by atoms with E-state index in [0.29, 0.717) is 19.8 Å². The third kappa shape index (κ3) is 3.07. The molecule has 23 heavy (non-hydrogen) atoms. The largest absolute Gasteiger partial charge is 0.478 e. The second kappa shape index (κ2) is 6.17. The first-order chi connectivity index (χ1) is 11.1. The summed E-state index contributed by atoms with van der Waals surface area (Å²) in [7, 11) is 1.81. The van der Waals surface area contributed by atoms with Gasteiger partial charge in [-0.05, 0) is 6.07 Å². The molecule has 0 spiro atoms. The maximum Gasteiger partial charge on any atom is 0.337 e. The highest BCUT2D eigenvalue weighted by molar-refractivity contribution is 5.97. The highest BCUT2D eigenvalue weighted by atomic mass is 16.5. The number of nitrogens with zero attached hydrogens (tertiary/aromatic N) is 4. The molecular weight excluding hydrogens is 300 g/mol. The quantitative estimate of drug-likeness (QED) is 0.896. The highest BCUT2D eigenvalue weighted by Gasteiger charge is 2.30. The molecular formula is C15H16N4O4. The summed E-state index contributed by atoms with van der Waals surface area (Å²) in [4.78, 5) is 29.3. The molecule has 0 aromatic carbocycles. The van der Waals surface area contributed by atoms with Crippen LogP contribution in [0.4, 0.5) is 0 Å². The maximum atomic E-state index is 12.8. The fourth-order valence-electron chi connectivity index (χ4n) is 2.57. The van der Waals surface area contributed by atoms with E-state index in [9.17, 15) is 9.59 Å². The van der Waals surface area contributed by atoms with Crippen LogP contribution in [0.15, 0.2) is 30.9 Å². The fourth-order valence-corrected chi connectivity index (χ4v) is 2.57. The van der Waals surface area contributed by atoms with Crippen molar-refractivity contribution in [3.8, 4) is 0 Å². The number of aryl methyl sites for hydroxylation is 1. The molecule has 1 atom stereocenters. The van der Waals surface area contributed by atoms with Crippen molar-refractivity contribution in [2.75, 3.05) is 19.8 Å². The topological polar surface area (TPSA) is 97.6 Å². The Hall–Kier alpha value is -2.74. The second-order valence-electron chi connectivity index (χ2n) is 5.30. The molecule has 1 unspecified atom stereocenters. The van der Waals surface area contributed by atoms with E-state index in [0.717, 1.165) is 5.56 Å². The van der Waals surface area contributed by atoms with Gasteiger partial charge >= 0.3 is 5.97 Å². The number of aromatic nitrogens is 3. The molecule has 1 amide bonds. The van der Waals surface area contributed by atoms with Crippen LogP contribution >= 0.6 is 0 Å². The Balaban J connectivity index is 1.89. The first-order valence-electron chi connectivity index (χ1n) is 7.12. The number of carbonyl (C=O) groups is 2. The van der Waals surface area contributed by atoms with Gasteiger partial charge in [-0.2, -0.15) is 5.10 Å². The smallest absolute Gasteiger partial charge is 0.337 e. The van der Waals surface area contributed by atoms with Crippen molar-refractivity contribution in [1.82, 2.24) is 19.7 Å². The Morgan fingerprint density at radius 3 is 2.78 bits per heavy atom. The number of hydrogen-bond donors (Lipinski definition) is 1. The number of ether oxygens (including phenoxy) is 1. The van der Waals surface area contributed by atoms with Gasteiger partial charge in [0.2, 0.25) is 0 Å². The van der Waals surface area contributed by atoms with E-state index in [1.165, 1.54) is 18.5 Å². The van der Waals surface area contributed by atoms with E-state index in [1.807, 2.05) is 6.20 Å². The SMILES string of the molecule is Cn1cc(C2COCCN2C(=O)c2cncc(C(=O)O)c2)cn1. The summed E-state index contributed by atoms with van der Waals surface area (Å²) in [5.74, 6) is -1.38. The van der Waals surface area contributed by atoms with E-state index in [1.54, 1.807) is 22.8 Å². The van der Waals surface area contributed by atoms with Crippen LogP contribution in [0.25, 0.3) is 0 Å². The van der Waals surface area contributed by atoms with Crippen LogP contribution in [-0.2, 0) is 11.8 Å². The number of carboxylic acids is 1. The third-order valence-corrected chi connectivity index (χ3v) is 3.73. The Kier molecular flexibility index (Phi) is 4.07. The fraction of sp³-hybridized carbons (Fsp3) is 0.333. The van der Waals surface area contributed by atoms with Crippen LogP contribution in [0.5, 0.6) is 0 Å². The van der Waals surface area contributed by atoms with E-state index < -0.39 is 5.97 Å². The van der Waals surface area contributed by atoms with Gasteiger partial charge in [0.05, 0.1) is 36.6 Å². The van der Waals surface area contributed by atoms with Crippen molar-refractivity contribution in [3.05, 3.63) is 47.5 Å². The molecule has 3 rings (SSSR count). The summed E-state index contributed by atoms with van der Waals surface area (Å²) in [5.41, 5.74) is 1.12.